The normalized spacial score (nSPS) is 15.2. The molecule has 0 saturated heterocycles. The molecule has 2 aromatic heterocycles. The van der Waals surface area contributed by atoms with Gasteiger partial charge >= 0.3 is 0 Å². The van der Waals surface area contributed by atoms with Crippen LogP contribution in [0.3, 0.4) is 0 Å². The monoisotopic (exact) mass is 322 g/mol. The Kier molecular flexibility index (Phi) is 4.11. The van der Waals surface area contributed by atoms with Crippen LogP contribution in [0.1, 0.15) is 54.4 Å². The van der Waals surface area contributed by atoms with Gasteiger partial charge in [-0.05, 0) is 41.8 Å². The van der Waals surface area contributed by atoms with Gasteiger partial charge in [-0.25, -0.2) is 4.68 Å². The topological polar surface area (TPSA) is 61.4 Å². The zero-order valence-electron chi connectivity index (χ0n) is 14.0. The van der Waals surface area contributed by atoms with Crippen LogP contribution in [0.5, 0.6) is 0 Å². The van der Waals surface area contributed by atoms with Crippen molar-refractivity contribution in [1.29, 1.82) is 0 Å². The lowest BCUT2D eigenvalue weighted by Gasteiger charge is -2.09. The summed E-state index contributed by atoms with van der Waals surface area (Å²) < 4.78 is 3.97. The molecule has 124 valence electrons. The Morgan fingerprint density at radius 2 is 1.88 bits per heavy atom. The lowest BCUT2D eigenvalue weighted by atomic mass is 10.1. The molecule has 0 radical (unpaired) electrons. The van der Waals surface area contributed by atoms with Crippen molar-refractivity contribution in [2.24, 2.45) is 0 Å². The van der Waals surface area contributed by atoms with Crippen LogP contribution in [0, 0.1) is 6.92 Å². The van der Waals surface area contributed by atoms with Crippen molar-refractivity contribution in [2.75, 3.05) is 0 Å². The van der Waals surface area contributed by atoms with Gasteiger partial charge in [0.1, 0.15) is 0 Å². The molecule has 0 unspecified atom stereocenters. The summed E-state index contributed by atoms with van der Waals surface area (Å²) in [4.78, 5) is 0. The zero-order chi connectivity index (χ0) is 16.4. The van der Waals surface area contributed by atoms with Gasteiger partial charge in [0.25, 0.3) is 0 Å². The minimum Gasteiger partial charge on any atom is -0.269 e. The van der Waals surface area contributed by atoms with Gasteiger partial charge in [0.05, 0.1) is 18.3 Å². The van der Waals surface area contributed by atoms with Gasteiger partial charge in [-0.3, -0.25) is 4.68 Å². The molecule has 1 aliphatic rings. The van der Waals surface area contributed by atoms with Crippen molar-refractivity contribution in [3.05, 3.63) is 59.2 Å². The highest BCUT2D eigenvalue weighted by Gasteiger charge is 2.18. The van der Waals surface area contributed by atoms with Gasteiger partial charge in [-0.15, -0.1) is 5.10 Å². The van der Waals surface area contributed by atoms with Gasteiger partial charge in [0, 0.05) is 12.6 Å². The second-order valence-corrected chi connectivity index (χ2v) is 6.64. The van der Waals surface area contributed by atoms with Gasteiger partial charge < -0.3 is 0 Å². The molecule has 0 N–H and O–H groups in total. The van der Waals surface area contributed by atoms with Crippen molar-refractivity contribution in [3.63, 3.8) is 0 Å². The average molecular weight is 322 g/mol. The molecule has 1 aromatic carbocycles. The molecule has 0 amide bonds. The predicted molar refractivity (Wildman–Crippen MR) is 90.6 cm³/mol. The van der Waals surface area contributed by atoms with E-state index in [0.29, 0.717) is 12.6 Å². The van der Waals surface area contributed by atoms with E-state index < -0.39 is 0 Å². The highest BCUT2D eigenvalue weighted by Crippen LogP contribution is 2.28. The standard InChI is InChI=1S/C18H22N6/c1-14-6-8-15(9-7-14)12-18-19-21-22-24(18)13-16-10-11-23(20-16)17-4-2-3-5-17/h6-11,17H,2-5,12-13H2,1H3. The Morgan fingerprint density at radius 3 is 2.67 bits per heavy atom. The third-order valence-electron chi connectivity index (χ3n) is 4.76. The quantitative estimate of drug-likeness (QED) is 0.724. The van der Waals surface area contributed by atoms with Crippen LogP contribution in [0.25, 0.3) is 0 Å². The van der Waals surface area contributed by atoms with Crippen LogP contribution >= 0.6 is 0 Å². The van der Waals surface area contributed by atoms with E-state index in [9.17, 15) is 0 Å². The number of benzene rings is 1. The SMILES string of the molecule is Cc1ccc(Cc2nnnn2Cc2ccn(C3CCCC3)n2)cc1. The second kappa shape index (κ2) is 6.55. The molecule has 0 aliphatic heterocycles. The van der Waals surface area contributed by atoms with Crippen LogP contribution in [-0.2, 0) is 13.0 Å². The lowest BCUT2D eigenvalue weighted by Crippen LogP contribution is -2.10. The van der Waals surface area contributed by atoms with Crippen LogP contribution in [0.2, 0.25) is 0 Å². The number of nitrogens with zero attached hydrogens (tertiary/aromatic N) is 6. The fourth-order valence-corrected chi connectivity index (χ4v) is 3.35. The Balaban J connectivity index is 1.47. The van der Waals surface area contributed by atoms with Gasteiger partial charge in [-0.1, -0.05) is 42.7 Å². The molecular weight excluding hydrogens is 300 g/mol. The van der Waals surface area contributed by atoms with Crippen LogP contribution in [-0.4, -0.2) is 30.0 Å². The summed E-state index contributed by atoms with van der Waals surface area (Å²) in [6, 6.07) is 11.1. The van der Waals surface area contributed by atoms with Crippen LogP contribution < -0.4 is 0 Å². The van der Waals surface area contributed by atoms with E-state index in [4.69, 9.17) is 5.10 Å². The summed E-state index contributed by atoms with van der Waals surface area (Å²) in [5.41, 5.74) is 3.49. The number of rotatable bonds is 5. The molecule has 24 heavy (non-hydrogen) atoms. The summed E-state index contributed by atoms with van der Waals surface area (Å²) in [5, 5.41) is 16.9. The van der Waals surface area contributed by atoms with Crippen molar-refractivity contribution in [3.8, 4) is 0 Å². The predicted octanol–water partition coefficient (Wildman–Crippen LogP) is 2.93. The van der Waals surface area contributed by atoms with Gasteiger partial charge in [0.15, 0.2) is 5.82 Å². The van der Waals surface area contributed by atoms with Gasteiger partial charge in [0.2, 0.25) is 0 Å². The molecular formula is C18H22N6. The molecule has 0 spiro atoms. The fourth-order valence-electron chi connectivity index (χ4n) is 3.35. The maximum atomic E-state index is 4.73. The highest BCUT2D eigenvalue weighted by atomic mass is 15.5. The summed E-state index contributed by atoms with van der Waals surface area (Å²) >= 11 is 0. The van der Waals surface area contributed by atoms with Gasteiger partial charge in [-0.2, -0.15) is 5.10 Å². The van der Waals surface area contributed by atoms with E-state index >= 15 is 0 Å². The molecule has 1 fully saturated rings. The van der Waals surface area contributed by atoms with E-state index in [-0.39, 0.29) is 0 Å². The number of hydrogen-bond donors (Lipinski definition) is 0. The number of hydrogen-bond acceptors (Lipinski definition) is 4. The van der Waals surface area contributed by atoms with E-state index in [2.05, 4.69) is 63.7 Å². The maximum absolute atomic E-state index is 4.73. The molecule has 6 nitrogen and oxygen atoms in total. The highest BCUT2D eigenvalue weighted by molar-refractivity contribution is 5.23. The molecule has 1 aliphatic carbocycles. The van der Waals surface area contributed by atoms with E-state index in [1.54, 1.807) is 0 Å². The lowest BCUT2D eigenvalue weighted by molar-refractivity contribution is 0.459. The van der Waals surface area contributed by atoms with Crippen molar-refractivity contribution in [1.82, 2.24) is 30.0 Å². The maximum Gasteiger partial charge on any atom is 0.156 e. The number of aromatic nitrogens is 6. The summed E-state index contributed by atoms with van der Waals surface area (Å²) in [6.07, 6.45) is 7.93. The zero-order valence-corrected chi connectivity index (χ0v) is 14.0. The van der Waals surface area contributed by atoms with Crippen molar-refractivity contribution in [2.45, 2.75) is 51.6 Å². The average Bonchev–Trinajstić information content (AvgIpc) is 3.32. The van der Waals surface area contributed by atoms with E-state index in [1.807, 2.05) is 4.68 Å². The Hall–Kier alpha value is -2.50. The molecule has 2 heterocycles. The largest absolute Gasteiger partial charge is 0.269 e. The summed E-state index contributed by atoms with van der Waals surface area (Å²) in [5.74, 6) is 0.870. The minimum atomic E-state index is 0.569. The number of aryl methyl sites for hydroxylation is 1. The molecule has 0 bridgehead atoms. The Labute approximate surface area is 141 Å². The first-order valence-electron chi connectivity index (χ1n) is 8.62. The number of tetrazole rings is 1. The van der Waals surface area contributed by atoms with E-state index in [0.717, 1.165) is 17.9 Å². The smallest absolute Gasteiger partial charge is 0.156 e. The second-order valence-electron chi connectivity index (χ2n) is 6.64. The molecule has 4 rings (SSSR count). The summed E-state index contributed by atoms with van der Waals surface area (Å²) in [7, 11) is 0. The first-order chi connectivity index (χ1) is 11.8. The molecule has 3 aromatic rings. The Bertz CT molecular complexity index is 795. The molecule has 0 atom stereocenters. The summed E-state index contributed by atoms with van der Waals surface area (Å²) in [6.45, 7) is 2.71. The molecule has 1 saturated carbocycles. The molecule has 6 heteroatoms. The van der Waals surface area contributed by atoms with Crippen LogP contribution in [0.4, 0.5) is 0 Å². The van der Waals surface area contributed by atoms with E-state index in [1.165, 1.54) is 36.8 Å². The van der Waals surface area contributed by atoms with Crippen LogP contribution in [0.15, 0.2) is 36.5 Å². The Morgan fingerprint density at radius 1 is 1.08 bits per heavy atom. The third-order valence-corrected chi connectivity index (χ3v) is 4.76. The third kappa shape index (κ3) is 3.22. The first-order valence-corrected chi connectivity index (χ1v) is 8.62. The first kappa shape index (κ1) is 15.1. The fraction of sp³-hybridized carbons (Fsp3) is 0.444. The van der Waals surface area contributed by atoms with Crippen molar-refractivity contribution < 1.29 is 0 Å². The van der Waals surface area contributed by atoms with Crippen molar-refractivity contribution >= 4 is 0 Å². The minimum absolute atomic E-state index is 0.569.